The Kier molecular flexibility index (Phi) is 5.62. The van der Waals surface area contributed by atoms with Crippen molar-refractivity contribution in [1.29, 1.82) is 0 Å². The number of rotatable bonds is 5. The summed E-state index contributed by atoms with van der Waals surface area (Å²) >= 11 is 0. The number of fused-ring (bicyclic) bond motifs is 1. The molecule has 2 aromatic carbocycles. The van der Waals surface area contributed by atoms with Gasteiger partial charge >= 0.3 is 0 Å². The average molecular weight is 395 g/mol. The van der Waals surface area contributed by atoms with Crippen molar-refractivity contribution in [3.8, 4) is 0 Å². The quantitative estimate of drug-likeness (QED) is 0.838. The van der Waals surface area contributed by atoms with Gasteiger partial charge in [0, 0.05) is 23.0 Å². The maximum absolute atomic E-state index is 14.0. The molecule has 0 aromatic heterocycles. The first-order chi connectivity index (χ1) is 14.1. The van der Waals surface area contributed by atoms with Gasteiger partial charge in [-0.3, -0.25) is 14.5 Å². The van der Waals surface area contributed by atoms with Crippen molar-refractivity contribution in [2.45, 2.75) is 44.2 Å². The average Bonchev–Trinajstić information content (AvgIpc) is 3.01. The van der Waals surface area contributed by atoms with Gasteiger partial charge in [0.15, 0.2) is 0 Å². The van der Waals surface area contributed by atoms with E-state index in [4.69, 9.17) is 0 Å². The number of amides is 2. The van der Waals surface area contributed by atoms with E-state index >= 15 is 0 Å². The molecule has 0 bridgehead atoms. The van der Waals surface area contributed by atoms with Crippen molar-refractivity contribution in [3.63, 3.8) is 0 Å². The Hall–Kier alpha value is -2.73. The summed E-state index contributed by atoms with van der Waals surface area (Å²) in [5.41, 5.74) is 2.06. The second-order valence-corrected chi connectivity index (χ2v) is 7.74. The van der Waals surface area contributed by atoms with E-state index in [-0.39, 0.29) is 24.4 Å². The van der Waals surface area contributed by atoms with E-state index in [1.165, 1.54) is 23.5 Å². The van der Waals surface area contributed by atoms with Crippen molar-refractivity contribution in [2.75, 3.05) is 23.4 Å². The maximum atomic E-state index is 14.0. The molecule has 1 unspecified atom stereocenters. The third-order valence-electron chi connectivity index (χ3n) is 5.84. The summed E-state index contributed by atoms with van der Waals surface area (Å²) in [5, 5.41) is 2.86. The zero-order valence-electron chi connectivity index (χ0n) is 16.6. The Morgan fingerprint density at radius 3 is 2.62 bits per heavy atom. The molecule has 152 valence electrons. The molecule has 0 spiro atoms. The van der Waals surface area contributed by atoms with Gasteiger partial charge in [0.05, 0.1) is 6.54 Å². The Labute approximate surface area is 170 Å². The Bertz CT molecular complexity index is 911. The van der Waals surface area contributed by atoms with E-state index in [0.29, 0.717) is 5.69 Å². The van der Waals surface area contributed by atoms with Crippen LogP contribution in [0.2, 0.25) is 0 Å². The van der Waals surface area contributed by atoms with E-state index in [9.17, 15) is 14.0 Å². The first-order valence-corrected chi connectivity index (χ1v) is 10.3. The fraction of sp³-hybridized carbons (Fsp3) is 0.391. The molecule has 2 aliphatic rings. The molecule has 1 aliphatic carbocycles. The SMILES string of the molecule is CNCC(=O)N(c1cccc(F)c1)C1C(=O)N(C2CCCCC2)c2ccccc21. The van der Waals surface area contributed by atoms with Crippen LogP contribution in [0.25, 0.3) is 0 Å². The molecule has 2 amide bonds. The molecule has 1 aliphatic heterocycles. The predicted molar refractivity (Wildman–Crippen MR) is 111 cm³/mol. The number of hydrogen-bond acceptors (Lipinski definition) is 3. The third-order valence-corrected chi connectivity index (χ3v) is 5.84. The lowest BCUT2D eigenvalue weighted by Gasteiger charge is -2.33. The Morgan fingerprint density at radius 2 is 1.90 bits per heavy atom. The number of halogens is 1. The smallest absolute Gasteiger partial charge is 0.255 e. The molecular weight excluding hydrogens is 369 g/mol. The van der Waals surface area contributed by atoms with Gasteiger partial charge < -0.3 is 10.2 Å². The van der Waals surface area contributed by atoms with Crippen molar-refractivity contribution >= 4 is 23.2 Å². The number of benzene rings is 2. The van der Waals surface area contributed by atoms with Gasteiger partial charge in [-0.25, -0.2) is 4.39 Å². The van der Waals surface area contributed by atoms with Gasteiger partial charge in [-0.1, -0.05) is 43.5 Å². The van der Waals surface area contributed by atoms with Crippen LogP contribution < -0.4 is 15.1 Å². The maximum Gasteiger partial charge on any atom is 0.255 e. The van der Waals surface area contributed by atoms with Crippen molar-refractivity contribution in [3.05, 3.63) is 59.9 Å². The van der Waals surface area contributed by atoms with Crippen LogP contribution in [0.3, 0.4) is 0 Å². The normalized spacial score (nSPS) is 19.3. The van der Waals surface area contributed by atoms with Crippen molar-refractivity contribution < 1.29 is 14.0 Å². The minimum absolute atomic E-state index is 0.0614. The molecule has 0 radical (unpaired) electrons. The number of anilines is 2. The highest BCUT2D eigenvalue weighted by atomic mass is 19.1. The summed E-state index contributed by atoms with van der Waals surface area (Å²) in [4.78, 5) is 30.1. The number of carbonyl (C=O) groups excluding carboxylic acids is 2. The second-order valence-electron chi connectivity index (χ2n) is 7.74. The van der Waals surface area contributed by atoms with Gasteiger partial charge in [-0.05, 0) is 44.2 Å². The number of nitrogens with zero attached hydrogens (tertiary/aromatic N) is 2. The van der Waals surface area contributed by atoms with Gasteiger partial charge in [0.1, 0.15) is 11.9 Å². The summed E-state index contributed by atoms with van der Waals surface area (Å²) < 4.78 is 14.0. The summed E-state index contributed by atoms with van der Waals surface area (Å²) in [6, 6.07) is 12.9. The standard InChI is InChI=1S/C23H26FN3O2/c1-25-15-21(28)27(18-11-7-8-16(24)14-18)22-19-12-5-6-13-20(19)26(23(22)29)17-9-3-2-4-10-17/h5-8,11-14,17,22,25H,2-4,9-10,15H2,1H3. The van der Waals surface area contributed by atoms with E-state index in [1.807, 2.05) is 29.2 Å². The number of likely N-dealkylation sites (N-methyl/N-ethyl adjacent to an activating group) is 1. The van der Waals surface area contributed by atoms with Crippen molar-refractivity contribution in [2.24, 2.45) is 0 Å². The van der Waals surface area contributed by atoms with Crippen LogP contribution >= 0.6 is 0 Å². The second kappa shape index (κ2) is 8.33. The number of para-hydroxylation sites is 1. The van der Waals surface area contributed by atoms with Crippen LogP contribution in [0.4, 0.5) is 15.8 Å². The molecule has 6 heteroatoms. The minimum Gasteiger partial charge on any atom is -0.311 e. The molecule has 5 nitrogen and oxygen atoms in total. The fourth-order valence-electron chi connectivity index (χ4n) is 4.59. The molecular formula is C23H26FN3O2. The van der Waals surface area contributed by atoms with Crippen LogP contribution in [0, 0.1) is 5.82 Å². The lowest BCUT2D eigenvalue weighted by Crippen LogP contribution is -2.47. The third kappa shape index (κ3) is 3.65. The van der Waals surface area contributed by atoms with E-state index in [1.54, 1.807) is 19.2 Å². The Morgan fingerprint density at radius 1 is 1.14 bits per heavy atom. The van der Waals surface area contributed by atoms with Crippen LogP contribution in [0.5, 0.6) is 0 Å². The highest BCUT2D eigenvalue weighted by Gasteiger charge is 2.45. The van der Waals surface area contributed by atoms with Gasteiger partial charge in [-0.2, -0.15) is 0 Å². The minimum atomic E-state index is -0.782. The lowest BCUT2D eigenvalue weighted by atomic mass is 9.94. The molecule has 29 heavy (non-hydrogen) atoms. The van der Waals surface area contributed by atoms with Crippen LogP contribution in [0.1, 0.15) is 43.7 Å². The summed E-state index contributed by atoms with van der Waals surface area (Å²) in [7, 11) is 1.68. The van der Waals surface area contributed by atoms with E-state index in [2.05, 4.69) is 5.32 Å². The topological polar surface area (TPSA) is 52.7 Å². The number of hydrogen-bond donors (Lipinski definition) is 1. The van der Waals surface area contributed by atoms with Crippen LogP contribution in [0.15, 0.2) is 48.5 Å². The predicted octanol–water partition coefficient (Wildman–Crippen LogP) is 3.80. The summed E-state index contributed by atoms with van der Waals surface area (Å²) in [6.07, 6.45) is 5.34. The fourth-order valence-corrected chi connectivity index (χ4v) is 4.59. The van der Waals surface area contributed by atoms with Gasteiger partial charge in [0.25, 0.3) is 5.91 Å². The van der Waals surface area contributed by atoms with Crippen LogP contribution in [-0.4, -0.2) is 31.4 Å². The van der Waals surface area contributed by atoms with Gasteiger partial charge in [-0.15, -0.1) is 0 Å². The molecule has 2 aromatic rings. The summed E-state index contributed by atoms with van der Waals surface area (Å²) in [6.45, 7) is 0.0614. The highest BCUT2D eigenvalue weighted by Crippen LogP contribution is 2.44. The van der Waals surface area contributed by atoms with Crippen molar-refractivity contribution in [1.82, 2.24) is 5.32 Å². The van der Waals surface area contributed by atoms with E-state index < -0.39 is 11.9 Å². The molecule has 1 N–H and O–H groups in total. The zero-order valence-corrected chi connectivity index (χ0v) is 16.6. The van der Waals surface area contributed by atoms with E-state index in [0.717, 1.165) is 36.9 Å². The molecule has 4 rings (SSSR count). The monoisotopic (exact) mass is 395 g/mol. The van der Waals surface area contributed by atoms with Gasteiger partial charge in [0.2, 0.25) is 5.91 Å². The van der Waals surface area contributed by atoms with Crippen LogP contribution in [-0.2, 0) is 9.59 Å². The number of carbonyl (C=O) groups is 2. The molecule has 1 heterocycles. The Balaban J connectivity index is 1.79. The molecule has 0 saturated heterocycles. The molecule has 1 fully saturated rings. The highest BCUT2D eigenvalue weighted by molar-refractivity contribution is 6.12. The number of nitrogens with one attached hydrogen (secondary N) is 1. The first kappa shape index (κ1) is 19.6. The lowest BCUT2D eigenvalue weighted by molar-refractivity contribution is -0.124. The zero-order chi connectivity index (χ0) is 20.4. The molecule has 1 saturated carbocycles. The largest absolute Gasteiger partial charge is 0.311 e. The first-order valence-electron chi connectivity index (χ1n) is 10.3. The summed E-state index contributed by atoms with van der Waals surface area (Å²) in [5.74, 6) is -0.809. The molecule has 1 atom stereocenters.